The van der Waals surface area contributed by atoms with E-state index in [4.69, 9.17) is 0 Å². The highest BCUT2D eigenvalue weighted by molar-refractivity contribution is 7.85. The molecule has 0 saturated heterocycles. The molecule has 0 aromatic heterocycles. The highest BCUT2D eigenvalue weighted by atomic mass is 32.2. The second-order valence-electron chi connectivity index (χ2n) is 4.49. The van der Waals surface area contributed by atoms with Gasteiger partial charge in [-0.2, -0.15) is 0 Å². The van der Waals surface area contributed by atoms with E-state index in [1.807, 2.05) is 30.3 Å². The van der Waals surface area contributed by atoms with E-state index in [2.05, 4.69) is 5.32 Å². The molecule has 3 nitrogen and oxygen atoms in total. The molecule has 1 amide bonds. The number of anilines is 1. The van der Waals surface area contributed by atoms with Crippen molar-refractivity contribution in [2.24, 2.45) is 0 Å². The summed E-state index contributed by atoms with van der Waals surface area (Å²) in [4.78, 5) is 11.7. The van der Waals surface area contributed by atoms with E-state index >= 15 is 0 Å². The predicted molar refractivity (Wildman–Crippen MR) is 82.2 cm³/mol. The molecular weight excluding hydrogens is 270 g/mol. The summed E-state index contributed by atoms with van der Waals surface area (Å²) in [7, 11) is -1.02. The molecule has 2 rings (SSSR count). The number of carbonyl (C=O) groups excluding carboxylic acids is 1. The maximum Gasteiger partial charge on any atom is 0.221 e. The summed E-state index contributed by atoms with van der Waals surface area (Å²) >= 11 is 0. The van der Waals surface area contributed by atoms with E-state index in [9.17, 15) is 9.00 Å². The van der Waals surface area contributed by atoms with Gasteiger partial charge in [-0.3, -0.25) is 9.00 Å². The maximum atomic E-state index is 12.2. The Hall–Kier alpha value is -1.94. The van der Waals surface area contributed by atoms with Gasteiger partial charge in [-0.25, -0.2) is 0 Å². The van der Waals surface area contributed by atoms with Gasteiger partial charge in [0.2, 0.25) is 5.91 Å². The lowest BCUT2D eigenvalue weighted by atomic mass is 10.2. The van der Waals surface area contributed by atoms with Crippen molar-refractivity contribution in [1.82, 2.24) is 0 Å². The number of aryl methyl sites for hydroxylation is 1. The Morgan fingerprint density at radius 2 is 1.70 bits per heavy atom. The lowest BCUT2D eigenvalue weighted by Crippen LogP contribution is -2.06. The van der Waals surface area contributed by atoms with Crippen LogP contribution in [0.4, 0.5) is 5.69 Å². The van der Waals surface area contributed by atoms with E-state index in [-0.39, 0.29) is 5.91 Å². The first-order chi connectivity index (χ1) is 9.65. The molecule has 2 aromatic rings. The van der Waals surface area contributed by atoms with E-state index in [1.54, 1.807) is 24.3 Å². The Balaban J connectivity index is 1.94. The molecule has 0 saturated carbocycles. The third kappa shape index (κ3) is 4.31. The van der Waals surface area contributed by atoms with Crippen molar-refractivity contribution >= 4 is 22.4 Å². The van der Waals surface area contributed by atoms with Crippen molar-refractivity contribution < 1.29 is 9.00 Å². The van der Waals surface area contributed by atoms with E-state index < -0.39 is 10.8 Å². The number of hydrogen-bond acceptors (Lipinski definition) is 2. The first-order valence-corrected chi connectivity index (χ1v) is 7.77. The van der Waals surface area contributed by atoms with Crippen LogP contribution in [0.15, 0.2) is 59.5 Å². The predicted octanol–water partition coefficient (Wildman–Crippen LogP) is 3.00. The zero-order chi connectivity index (χ0) is 14.4. The van der Waals surface area contributed by atoms with Crippen LogP contribution in [0.3, 0.4) is 0 Å². The van der Waals surface area contributed by atoms with Crippen LogP contribution in [-0.4, -0.2) is 15.9 Å². The summed E-state index contributed by atoms with van der Waals surface area (Å²) in [5.41, 5.74) is 1.91. The van der Waals surface area contributed by atoms with Gasteiger partial charge in [-0.1, -0.05) is 30.3 Å². The van der Waals surface area contributed by atoms with Gasteiger partial charge in [0.05, 0.1) is 10.8 Å². The second-order valence-corrected chi connectivity index (χ2v) is 6.06. The van der Waals surface area contributed by atoms with Gasteiger partial charge in [-0.15, -0.1) is 0 Å². The van der Waals surface area contributed by atoms with Crippen LogP contribution in [-0.2, 0) is 22.0 Å². The summed E-state index contributed by atoms with van der Waals surface area (Å²) in [6, 6.07) is 17.2. The minimum absolute atomic E-state index is 0.108. The summed E-state index contributed by atoms with van der Waals surface area (Å²) in [5, 5.41) is 2.69. The fourth-order valence-corrected chi connectivity index (χ4v) is 2.96. The van der Waals surface area contributed by atoms with Crippen molar-refractivity contribution in [3.63, 3.8) is 0 Å². The molecule has 2 aromatic carbocycles. The molecular formula is C16H17NO2S. The zero-order valence-electron chi connectivity index (χ0n) is 11.3. The lowest BCUT2D eigenvalue weighted by molar-refractivity contribution is -0.114. The molecule has 0 bridgehead atoms. The topological polar surface area (TPSA) is 46.2 Å². The Morgan fingerprint density at radius 1 is 1.05 bits per heavy atom. The Labute approximate surface area is 121 Å². The van der Waals surface area contributed by atoms with Crippen LogP contribution >= 0.6 is 0 Å². The first kappa shape index (κ1) is 14.5. The maximum absolute atomic E-state index is 12.2. The number of rotatable bonds is 5. The molecule has 104 valence electrons. The standard InChI is InChI=1S/C16H17NO2S/c1-13(18)17-15-7-9-16(10-8-15)20(19)12-11-14-5-3-2-4-6-14/h2-10H,11-12H2,1H3,(H,17,18)/t20-/m0/s1. The largest absolute Gasteiger partial charge is 0.326 e. The number of carbonyl (C=O) groups is 1. The first-order valence-electron chi connectivity index (χ1n) is 6.45. The number of nitrogens with one attached hydrogen (secondary N) is 1. The van der Waals surface area contributed by atoms with Crippen LogP contribution in [0.2, 0.25) is 0 Å². The average molecular weight is 287 g/mol. The molecule has 0 aliphatic heterocycles. The molecule has 0 heterocycles. The van der Waals surface area contributed by atoms with Gasteiger partial charge in [-0.05, 0) is 36.2 Å². The van der Waals surface area contributed by atoms with Crippen LogP contribution < -0.4 is 5.32 Å². The molecule has 0 aliphatic rings. The molecule has 0 unspecified atom stereocenters. The molecule has 0 radical (unpaired) electrons. The molecule has 1 N–H and O–H groups in total. The van der Waals surface area contributed by atoms with Crippen molar-refractivity contribution in [2.75, 3.05) is 11.1 Å². The highest BCUT2D eigenvalue weighted by Crippen LogP contribution is 2.14. The van der Waals surface area contributed by atoms with Crippen LogP contribution in [0.5, 0.6) is 0 Å². The van der Waals surface area contributed by atoms with Crippen molar-refractivity contribution in [2.45, 2.75) is 18.2 Å². The third-order valence-electron chi connectivity index (χ3n) is 2.86. The minimum atomic E-state index is -1.02. The molecule has 20 heavy (non-hydrogen) atoms. The fraction of sp³-hybridized carbons (Fsp3) is 0.188. The third-order valence-corrected chi connectivity index (χ3v) is 4.23. The number of benzene rings is 2. The molecule has 1 atom stereocenters. The Morgan fingerprint density at radius 3 is 2.30 bits per heavy atom. The smallest absolute Gasteiger partial charge is 0.221 e. The Bertz CT molecular complexity index is 594. The zero-order valence-corrected chi connectivity index (χ0v) is 12.2. The average Bonchev–Trinajstić information content (AvgIpc) is 2.46. The number of amides is 1. The molecule has 0 spiro atoms. The van der Waals surface area contributed by atoms with Crippen LogP contribution in [0.25, 0.3) is 0 Å². The summed E-state index contributed by atoms with van der Waals surface area (Å²) < 4.78 is 12.2. The SMILES string of the molecule is CC(=O)Nc1ccc([S@@](=O)CCc2ccccc2)cc1. The summed E-state index contributed by atoms with van der Waals surface area (Å²) in [6.07, 6.45) is 0.793. The molecule has 0 fully saturated rings. The van der Waals surface area contributed by atoms with Crippen LogP contribution in [0.1, 0.15) is 12.5 Å². The van der Waals surface area contributed by atoms with E-state index in [1.165, 1.54) is 12.5 Å². The van der Waals surface area contributed by atoms with E-state index in [0.717, 1.165) is 17.0 Å². The van der Waals surface area contributed by atoms with Crippen molar-refractivity contribution in [1.29, 1.82) is 0 Å². The quantitative estimate of drug-likeness (QED) is 0.919. The normalized spacial score (nSPS) is 11.8. The van der Waals surface area contributed by atoms with Gasteiger partial charge in [0.15, 0.2) is 0 Å². The van der Waals surface area contributed by atoms with Gasteiger partial charge in [0, 0.05) is 23.3 Å². The lowest BCUT2D eigenvalue weighted by Gasteiger charge is -2.05. The van der Waals surface area contributed by atoms with E-state index in [0.29, 0.717) is 5.75 Å². The van der Waals surface area contributed by atoms with Gasteiger partial charge in [0.1, 0.15) is 0 Å². The summed E-state index contributed by atoms with van der Waals surface area (Å²) in [6.45, 7) is 1.46. The van der Waals surface area contributed by atoms with Gasteiger partial charge >= 0.3 is 0 Å². The molecule has 0 aliphatic carbocycles. The molecule has 4 heteroatoms. The second kappa shape index (κ2) is 7.01. The van der Waals surface area contributed by atoms with Gasteiger partial charge in [0.25, 0.3) is 0 Å². The minimum Gasteiger partial charge on any atom is -0.326 e. The highest BCUT2D eigenvalue weighted by Gasteiger charge is 2.05. The van der Waals surface area contributed by atoms with Gasteiger partial charge < -0.3 is 5.32 Å². The fourth-order valence-electron chi connectivity index (χ4n) is 1.87. The summed E-state index contributed by atoms with van der Waals surface area (Å²) in [5.74, 6) is 0.492. The monoisotopic (exact) mass is 287 g/mol. The van der Waals surface area contributed by atoms with Crippen molar-refractivity contribution in [3.05, 3.63) is 60.2 Å². The number of hydrogen-bond donors (Lipinski definition) is 1. The van der Waals surface area contributed by atoms with Crippen molar-refractivity contribution in [3.8, 4) is 0 Å². The Kier molecular flexibility index (Phi) is 5.07. The van der Waals surface area contributed by atoms with Crippen LogP contribution in [0, 0.1) is 0 Å².